The molecule has 5 nitrogen and oxygen atoms in total. The number of anilines is 1. The number of rotatable bonds is 9. The standard InChI is InChI=1S/C25H34F2N2O3/c1-25(2,3)21-6-4-5-7-23(21)29-12-10-28(11-13-29)17-20(30)18-31-14-15-32-24-9-8-19(26)16-22(24)27/h4-9,16,20,30H,10-15,17-18H2,1-3H3. The predicted molar refractivity (Wildman–Crippen MR) is 122 cm³/mol. The number of β-amino-alcohol motifs (C(OH)–C–C–N with tert-alkyl or cyclic N) is 1. The summed E-state index contributed by atoms with van der Waals surface area (Å²) in [5, 5.41) is 10.3. The lowest BCUT2D eigenvalue weighted by Gasteiger charge is -2.39. The highest BCUT2D eigenvalue weighted by atomic mass is 19.1. The summed E-state index contributed by atoms with van der Waals surface area (Å²) >= 11 is 0. The lowest BCUT2D eigenvalue weighted by molar-refractivity contribution is 0.00687. The van der Waals surface area contributed by atoms with Crippen molar-refractivity contribution in [1.29, 1.82) is 0 Å². The van der Waals surface area contributed by atoms with Crippen molar-refractivity contribution in [3.05, 3.63) is 59.7 Å². The summed E-state index contributed by atoms with van der Waals surface area (Å²) in [7, 11) is 0. The molecule has 0 saturated carbocycles. The second kappa shape index (κ2) is 11.1. The van der Waals surface area contributed by atoms with E-state index in [0.717, 1.165) is 38.3 Å². The van der Waals surface area contributed by atoms with Crippen molar-refractivity contribution in [2.45, 2.75) is 32.3 Å². The summed E-state index contributed by atoms with van der Waals surface area (Å²) in [5.41, 5.74) is 2.73. The first kappa shape index (κ1) is 24.4. The Morgan fingerprint density at radius 1 is 1.00 bits per heavy atom. The maximum Gasteiger partial charge on any atom is 0.167 e. The largest absolute Gasteiger partial charge is 0.488 e. The molecular formula is C25H34F2N2O3. The van der Waals surface area contributed by atoms with Crippen LogP contribution in [0.3, 0.4) is 0 Å². The number of hydrogen-bond donors (Lipinski definition) is 1. The van der Waals surface area contributed by atoms with Gasteiger partial charge in [0.1, 0.15) is 12.4 Å². The van der Waals surface area contributed by atoms with Crippen LogP contribution in [-0.2, 0) is 10.2 Å². The van der Waals surface area contributed by atoms with Gasteiger partial charge in [-0.1, -0.05) is 39.0 Å². The zero-order valence-corrected chi connectivity index (χ0v) is 19.2. The molecule has 1 aliphatic heterocycles. The monoisotopic (exact) mass is 448 g/mol. The molecule has 1 atom stereocenters. The van der Waals surface area contributed by atoms with Crippen LogP contribution in [0.15, 0.2) is 42.5 Å². The van der Waals surface area contributed by atoms with Crippen molar-refractivity contribution in [2.75, 3.05) is 57.4 Å². The summed E-state index contributed by atoms with van der Waals surface area (Å²) in [6.45, 7) is 11.4. The number of hydrogen-bond acceptors (Lipinski definition) is 5. The van der Waals surface area contributed by atoms with Crippen molar-refractivity contribution >= 4 is 5.69 Å². The Kier molecular flexibility index (Phi) is 8.45. The van der Waals surface area contributed by atoms with Crippen molar-refractivity contribution in [3.63, 3.8) is 0 Å². The summed E-state index contributed by atoms with van der Waals surface area (Å²) in [6, 6.07) is 11.8. The minimum absolute atomic E-state index is 0.0125. The molecule has 2 aromatic carbocycles. The van der Waals surface area contributed by atoms with E-state index in [4.69, 9.17) is 9.47 Å². The zero-order valence-electron chi connectivity index (χ0n) is 19.2. The van der Waals surface area contributed by atoms with E-state index in [0.29, 0.717) is 6.54 Å². The Morgan fingerprint density at radius 2 is 1.72 bits per heavy atom. The first-order valence-electron chi connectivity index (χ1n) is 11.1. The molecule has 1 heterocycles. The van der Waals surface area contributed by atoms with Gasteiger partial charge < -0.3 is 19.5 Å². The van der Waals surface area contributed by atoms with Gasteiger partial charge in [-0.3, -0.25) is 4.90 Å². The number of para-hydroxylation sites is 1. The number of aliphatic hydroxyl groups is 1. The van der Waals surface area contributed by atoms with Gasteiger partial charge in [0.05, 0.1) is 19.3 Å². The molecule has 0 aliphatic carbocycles. The quantitative estimate of drug-likeness (QED) is 0.591. The molecule has 2 aromatic rings. The first-order valence-corrected chi connectivity index (χ1v) is 11.1. The van der Waals surface area contributed by atoms with Gasteiger partial charge in [-0.2, -0.15) is 0 Å². The Labute approximate surface area is 189 Å². The molecule has 1 saturated heterocycles. The Morgan fingerprint density at radius 3 is 2.41 bits per heavy atom. The third-order valence-electron chi connectivity index (χ3n) is 5.58. The molecule has 0 radical (unpaired) electrons. The van der Waals surface area contributed by atoms with E-state index < -0.39 is 17.7 Å². The van der Waals surface area contributed by atoms with E-state index in [1.165, 1.54) is 17.3 Å². The lowest BCUT2D eigenvalue weighted by atomic mass is 9.85. The molecule has 0 spiro atoms. The van der Waals surface area contributed by atoms with Gasteiger partial charge in [0.25, 0.3) is 0 Å². The number of benzene rings is 2. The maximum atomic E-state index is 13.5. The van der Waals surface area contributed by atoms with Crippen LogP contribution in [0.5, 0.6) is 5.75 Å². The van der Waals surface area contributed by atoms with Crippen molar-refractivity contribution in [3.8, 4) is 5.75 Å². The summed E-state index contributed by atoms with van der Waals surface area (Å²) in [5.74, 6) is -1.40. The first-order chi connectivity index (χ1) is 15.2. The average molecular weight is 449 g/mol. The molecule has 1 N–H and O–H groups in total. The normalized spacial score (nSPS) is 16.2. The Bertz CT molecular complexity index is 865. The summed E-state index contributed by atoms with van der Waals surface area (Å²) < 4.78 is 37.1. The minimum Gasteiger partial charge on any atom is -0.488 e. The molecule has 3 rings (SSSR count). The van der Waals surface area contributed by atoms with Gasteiger partial charge in [0.2, 0.25) is 0 Å². The maximum absolute atomic E-state index is 13.5. The number of aliphatic hydroxyl groups excluding tert-OH is 1. The van der Waals surface area contributed by atoms with E-state index in [1.807, 2.05) is 0 Å². The highest BCUT2D eigenvalue weighted by Gasteiger charge is 2.24. The van der Waals surface area contributed by atoms with Crippen LogP contribution < -0.4 is 9.64 Å². The molecule has 1 unspecified atom stereocenters. The number of nitrogens with zero attached hydrogens (tertiary/aromatic N) is 2. The second-order valence-electron chi connectivity index (χ2n) is 9.21. The van der Waals surface area contributed by atoms with Crippen molar-refractivity contribution in [1.82, 2.24) is 4.90 Å². The molecule has 0 aromatic heterocycles. The third kappa shape index (κ3) is 6.89. The highest BCUT2D eigenvalue weighted by molar-refractivity contribution is 5.56. The van der Waals surface area contributed by atoms with Gasteiger partial charge in [0, 0.05) is 44.5 Å². The van der Waals surface area contributed by atoms with Gasteiger partial charge in [-0.15, -0.1) is 0 Å². The highest BCUT2D eigenvalue weighted by Crippen LogP contribution is 2.32. The van der Waals surface area contributed by atoms with E-state index in [-0.39, 0.29) is 31.0 Å². The van der Waals surface area contributed by atoms with Crippen LogP contribution in [-0.4, -0.2) is 68.7 Å². The molecule has 7 heteroatoms. The van der Waals surface area contributed by atoms with Crippen LogP contribution in [0, 0.1) is 11.6 Å². The SMILES string of the molecule is CC(C)(C)c1ccccc1N1CCN(CC(O)COCCOc2ccc(F)cc2F)CC1. The molecule has 1 fully saturated rings. The fraction of sp³-hybridized carbons (Fsp3) is 0.520. The molecule has 176 valence electrons. The zero-order chi connectivity index (χ0) is 23.1. The number of halogens is 2. The lowest BCUT2D eigenvalue weighted by Crippen LogP contribution is -2.49. The van der Waals surface area contributed by atoms with E-state index >= 15 is 0 Å². The van der Waals surface area contributed by atoms with Gasteiger partial charge in [-0.05, 0) is 29.2 Å². The minimum atomic E-state index is -0.741. The Balaban J connectivity index is 1.36. The number of ether oxygens (including phenoxy) is 2. The fourth-order valence-corrected chi connectivity index (χ4v) is 3.93. The fourth-order valence-electron chi connectivity index (χ4n) is 3.93. The van der Waals surface area contributed by atoms with Crippen LogP contribution >= 0.6 is 0 Å². The van der Waals surface area contributed by atoms with E-state index in [1.54, 1.807) is 0 Å². The average Bonchev–Trinajstić information content (AvgIpc) is 2.75. The van der Waals surface area contributed by atoms with Crippen LogP contribution in [0.1, 0.15) is 26.3 Å². The molecule has 0 amide bonds. The predicted octanol–water partition coefficient (Wildman–Crippen LogP) is 3.84. The van der Waals surface area contributed by atoms with Crippen molar-refractivity contribution in [2.24, 2.45) is 0 Å². The summed E-state index contributed by atoms with van der Waals surface area (Å²) in [4.78, 5) is 4.67. The summed E-state index contributed by atoms with van der Waals surface area (Å²) in [6.07, 6.45) is -0.606. The van der Waals surface area contributed by atoms with E-state index in [9.17, 15) is 13.9 Å². The van der Waals surface area contributed by atoms with Crippen LogP contribution in [0.4, 0.5) is 14.5 Å². The Hall–Kier alpha value is -2.22. The topological polar surface area (TPSA) is 45.2 Å². The van der Waals surface area contributed by atoms with Gasteiger partial charge in [0.15, 0.2) is 11.6 Å². The van der Waals surface area contributed by atoms with Crippen LogP contribution in [0.25, 0.3) is 0 Å². The van der Waals surface area contributed by atoms with Gasteiger partial charge >= 0.3 is 0 Å². The number of piperazine rings is 1. The molecule has 1 aliphatic rings. The van der Waals surface area contributed by atoms with Crippen LogP contribution in [0.2, 0.25) is 0 Å². The molecule has 0 bridgehead atoms. The second-order valence-corrected chi connectivity index (χ2v) is 9.21. The van der Waals surface area contributed by atoms with Crippen molar-refractivity contribution < 1.29 is 23.4 Å². The van der Waals surface area contributed by atoms with Gasteiger partial charge in [-0.25, -0.2) is 8.78 Å². The molecule has 32 heavy (non-hydrogen) atoms. The van der Waals surface area contributed by atoms with E-state index in [2.05, 4.69) is 54.8 Å². The third-order valence-corrected chi connectivity index (χ3v) is 5.58. The molecular weight excluding hydrogens is 414 g/mol. The smallest absolute Gasteiger partial charge is 0.167 e.